The number of nitrogen functional groups attached to an aromatic ring is 1. The molecule has 5 nitrogen and oxygen atoms in total. The smallest absolute Gasteiger partial charge is 0.396 e. The van der Waals surface area contributed by atoms with Gasteiger partial charge in [0.2, 0.25) is 0 Å². The summed E-state index contributed by atoms with van der Waals surface area (Å²) in [7, 11) is 1.47. The molecule has 1 heterocycles. The molecule has 0 spiro atoms. The summed E-state index contributed by atoms with van der Waals surface area (Å²) in [5.74, 6) is 0.0356. The Morgan fingerprint density at radius 1 is 1.37 bits per heavy atom. The molecule has 1 aromatic carbocycles. The van der Waals surface area contributed by atoms with Crippen LogP contribution < -0.4 is 10.5 Å². The number of halogens is 3. The number of hydrogen-bond donors (Lipinski definition) is 1. The Hall–Kier alpha value is -2.25. The maximum atomic E-state index is 12.2. The standard InChI is InChI=1S/C11H10F3N3O2/c1-18-6-2-3-7(8(15)4-6)10-16-9(17-19-10)5-11(12,13)14/h2-4H,5,15H2,1H3. The van der Waals surface area contributed by atoms with Crippen molar-refractivity contribution in [3.8, 4) is 17.2 Å². The van der Waals surface area contributed by atoms with Crippen molar-refractivity contribution in [1.82, 2.24) is 10.1 Å². The molecule has 0 amide bonds. The lowest BCUT2D eigenvalue weighted by Gasteiger charge is -2.03. The second-order valence-corrected chi connectivity index (χ2v) is 3.76. The van der Waals surface area contributed by atoms with E-state index < -0.39 is 18.4 Å². The van der Waals surface area contributed by atoms with Crippen molar-refractivity contribution in [3.63, 3.8) is 0 Å². The van der Waals surface area contributed by atoms with Gasteiger partial charge in [0.25, 0.3) is 5.89 Å². The van der Waals surface area contributed by atoms with Crippen molar-refractivity contribution in [1.29, 1.82) is 0 Å². The summed E-state index contributed by atoms with van der Waals surface area (Å²) in [6.45, 7) is 0. The number of hydrogen-bond acceptors (Lipinski definition) is 5. The van der Waals surface area contributed by atoms with Crippen LogP contribution in [0.2, 0.25) is 0 Å². The van der Waals surface area contributed by atoms with Gasteiger partial charge in [0.05, 0.1) is 12.7 Å². The molecule has 0 unspecified atom stereocenters. The first-order valence-electron chi connectivity index (χ1n) is 5.22. The zero-order valence-electron chi connectivity index (χ0n) is 9.86. The van der Waals surface area contributed by atoms with E-state index in [1.807, 2.05) is 0 Å². The quantitative estimate of drug-likeness (QED) is 0.869. The van der Waals surface area contributed by atoms with Crippen molar-refractivity contribution in [3.05, 3.63) is 24.0 Å². The van der Waals surface area contributed by atoms with Crippen LogP contribution in [0.5, 0.6) is 5.75 Å². The largest absolute Gasteiger partial charge is 0.497 e. The number of aromatic nitrogens is 2. The van der Waals surface area contributed by atoms with Gasteiger partial charge in [0, 0.05) is 11.8 Å². The van der Waals surface area contributed by atoms with Gasteiger partial charge >= 0.3 is 6.18 Å². The van der Waals surface area contributed by atoms with Crippen LogP contribution in [-0.2, 0) is 6.42 Å². The van der Waals surface area contributed by atoms with Gasteiger partial charge in [-0.25, -0.2) is 0 Å². The summed E-state index contributed by atoms with van der Waals surface area (Å²) in [4.78, 5) is 3.66. The molecule has 19 heavy (non-hydrogen) atoms. The fourth-order valence-corrected chi connectivity index (χ4v) is 1.48. The zero-order valence-corrected chi connectivity index (χ0v) is 9.86. The predicted molar refractivity (Wildman–Crippen MR) is 60.5 cm³/mol. The lowest BCUT2D eigenvalue weighted by Crippen LogP contribution is -2.12. The molecule has 2 N–H and O–H groups in total. The van der Waals surface area contributed by atoms with Gasteiger partial charge in [-0.05, 0) is 12.1 Å². The lowest BCUT2D eigenvalue weighted by molar-refractivity contribution is -0.128. The summed E-state index contributed by atoms with van der Waals surface area (Å²) in [6.07, 6.45) is -5.63. The number of benzene rings is 1. The Morgan fingerprint density at radius 2 is 2.11 bits per heavy atom. The van der Waals surface area contributed by atoms with E-state index in [0.29, 0.717) is 11.3 Å². The maximum absolute atomic E-state index is 12.2. The first-order valence-corrected chi connectivity index (χ1v) is 5.22. The van der Waals surface area contributed by atoms with Crippen molar-refractivity contribution >= 4 is 5.69 Å². The van der Waals surface area contributed by atoms with Crippen LogP contribution in [0.1, 0.15) is 5.82 Å². The average molecular weight is 273 g/mol. The molecule has 0 aliphatic carbocycles. The van der Waals surface area contributed by atoms with Crippen LogP contribution >= 0.6 is 0 Å². The number of nitrogens with two attached hydrogens (primary N) is 1. The summed E-state index contributed by atoms with van der Waals surface area (Å²) in [5.41, 5.74) is 6.38. The van der Waals surface area contributed by atoms with E-state index in [2.05, 4.69) is 10.1 Å². The van der Waals surface area contributed by atoms with Crippen molar-refractivity contribution < 1.29 is 22.4 Å². The molecule has 0 bridgehead atoms. The van der Waals surface area contributed by atoms with Crippen LogP contribution in [0.3, 0.4) is 0 Å². The topological polar surface area (TPSA) is 74.2 Å². The number of methoxy groups -OCH3 is 1. The van der Waals surface area contributed by atoms with Crippen molar-refractivity contribution in [2.24, 2.45) is 0 Å². The van der Waals surface area contributed by atoms with Crippen LogP contribution in [0.4, 0.5) is 18.9 Å². The maximum Gasteiger partial charge on any atom is 0.396 e. The Bertz CT molecular complexity index is 581. The number of nitrogens with zero attached hydrogens (tertiary/aromatic N) is 2. The predicted octanol–water partition coefficient (Wildman–Crippen LogP) is 2.43. The van der Waals surface area contributed by atoms with Gasteiger partial charge in [-0.15, -0.1) is 0 Å². The van der Waals surface area contributed by atoms with Gasteiger partial charge in [0.15, 0.2) is 5.82 Å². The molecule has 8 heteroatoms. The van der Waals surface area contributed by atoms with Crippen LogP contribution in [0.25, 0.3) is 11.5 Å². The molecule has 0 saturated heterocycles. The number of rotatable bonds is 3. The molecular weight excluding hydrogens is 263 g/mol. The molecule has 102 valence electrons. The normalized spacial score (nSPS) is 11.6. The minimum absolute atomic E-state index is 0.0561. The van der Waals surface area contributed by atoms with Gasteiger partial charge in [-0.1, -0.05) is 5.16 Å². The highest BCUT2D eigenvalue weighted by Gasteiger charge is 2.30. The fraction of sp³-hybridized carbons (Fsp3) is 0.273. The number of alkyl halides is 3. The average Bonchev–Trinajstić information content (AvgIpc) is 2.74. The van der Waals surface area contributed by atoms with E-state index in [-0.39, 0.29) is 11.6 Å². The molecule has 0 aliphatic rings. The van der Waals surface area contributed by atoms with E-state index >= 15 is 0 Å². The molecule has 0 atom stereocenters. The van der Waals surface area contributed by atoms with Crippen LogP contribution in [0, 0.1) is 0 Å². The number of ether oxygens (including phenoxy) is 1. The highest BCUT2D eigenvalue weighted by molar-refractivity contribution is 5.71. The molecule has 2 rings (SSSR count). The third-order valence-corrected chi connectivity index (χ3v) is 2.32. The molecule has 2 aromatic rings. The van der Waals surface area contributed by atoms with Crippen LogP contribution in [0.15, 0.2) is 22.7 Å². The fourth-order valence-electron chi connectivity index (χ4n) is 1.48. The molecule has 1 aromatic heterocycles. The zero-order chi connectivity index (χ0) is 14.0. The van der Waals surface area contributed by atoms with E-state index in [9.17, 15) is 13.2 Å². The SMILES string of the molecule is COc1ccc(-c2nc(CC(F)(F)F)no2)c(N)c1. The van der Waals surface area contributed by atoms with Gasteiger partial charge < -0.3 is 15.0 Å². The molecule has 0 fully saturated rings. The second-order valence-electron chi connectivity index (χ2n) is 3.76. The van der Waals surface area contributed by atoms with Crippen molar-refractivity contribution in [2.75, 3.05) is 12.8 Å². The minimum Gasteiger partial charge on any atom is -0.497 e. The van der Waals surface area contributed by atoms with E-state index in [0.717, 1.165) is 0 Å². The second kappa shape index (κ2) is 4.79. The van der Waals surface area contributed by atoms with Gasteiger partial charge in [0.1, 0.15) is 12.2 Å². The Balaban J connectivity index is 2.28. The van der Waals surface area contributed by atoms with Crippen LogP contribution in [-0.4, -0.2) is 23.4 Å². The first-order chi connectivity index (χ1) is 8.89. The third-order valence-electron chi connectivity index (χ3n) is 2.32. The van der Waals surface area contributed by atoms with Gasteiger partial charge in [-0.2, -0.15) is 18.2 Å². The van der Waals surface area contributed by atoms with E-state index in [1.54, 1.807) is 12.1 Å². The molecule has 0 aliphatic heterocycles. The molecule has 0 radical (unpaired) electrons. The Morgan fingerprint density at radius 3 is 2.68 bits per heavy atom. The van der Waals surface area contributed by atoms with Crippen molar-refractivity contribution in [2.45, 2.75) is 12.6 Å². The third kappa shape index (κ3) is 3.15. The van der Waals surface area contributed by atoms with Gasteiger partial charge in [-0.3, -0.25) is 0 Å². The Labute approximate surface area is 106 Å². The highest BCUT2D eigenvalue weighted by atomic mass is 19.4. The Kier molecular flexibility index (Phi) is 3.32. The molecule has 0 saturated carbocycles. The minimum atomic E-state index is -4.38. The van der Waals surface area contributed by atoms with E-state index in [1.165, 1.54) is 13.2 Å². The summed E-state index contributed by atoms with van der Waals surface area (Å²) in [5, 5.41) is 3.27. The van der Waals surface area contributed by atoms with E-state index in [4.69, 9.17) is 15.0 Å². The highest BCUT2D eigenvalue weighted by Crippen LogP contribution is 2.29. The summed E-state index contributed by atoms with van der Waals surface area (Å²) in [6, 6.07) is 4.65. The summed E-state index contributed by atoms with van der Waals surface area (Å²) < 4.78 is 46.2. The summed E-state index contributed by atoms with van der Waals surface area (Å²) >= 11 is 0. The monoisotopic (exact) mass is 273 g/mol. The first kappa shape index (κ1) is 13.2. The lowest BCUT2D eigenvalue weighted by atomic mass is 10.1. The number of anilines is 1. The molecular formula is C11H10F3N3O2.